The van der Waals surface area contributed by atoms with Crippen LogP contribution in [0.25, 0.3) is 22.0 Å². The number of carboxylic acid groups (broad SMARTS) is 1. The fourth-order valence-corrected chi connectivity index (χ4v) is 5.19. The van der Waals surface area contributed by atoms with Crippen LogP contribution in [0.4, 0.5) is 5.69 Å². The number of ether oxygens (including phenoxy) is 1. The Kier molecular flexibility index (Phi) is 6.01. The Labute approximate surface area is 216 Å². The zero-order valence-electron chi connectivity index (χ0n) is 20.8. The van der Waals surface area contributed by atoms with Crippen molar-refractivity contribution in [1.82, 2.24) is 4.57 Å². The maximum atomic E-state index is 12.6. The van der Waals surface area contributed by atoms with Gasteiger partial charge in [0.1, 0.15) is 0 Å². The van der Waals surface area contributed by atoms with Crippen LogP contribution < -0.4 is 4.90 Å². The number of halogens is 1. The first-order chi connectivity index (χ1) is 16.0. The SMILES string of the molecule is [B]C1([B])N(C)c2c(C)c([C@H](OC(C)(C)C)C(=O)O)c(-c3ccc(Cl)cc3)c3cc(C)n(c23)C1([B])[B]. The Morgan fingerprint density at radius 3 is 2.17 bits per heavy atom. The van der Waals surface area contributed by atoms with Crippen LogP contribution >= 0.6 is 11.6 Å². The number of carboxylic acids is 1. The molecule has 0 bridgehead atoms. The third kappa shape index (κ3) is 3.82. The normalized spacial score (nSPS) is 17.5. The molecule has 0 amide bonds. The molecule has 2 heterocycles. The molecule has 10 heteroatoms. The van der Waals surface area contributed by atoms with Gasteiger partial charge in [0, 0.05) is 28.7 Å². The van der Waals surface area contributed by atoms with Crippen molar-refractivity contribution in [3.05, 3.63) is 52.2 Å². The molecule has 0 saturated carbocycles. The average Bonchev–Trinajstić information content (AvgIpc) is 3.07. The largest absolute Gasteiger partial charge is 0.479 e. The van der Waals surface area contributed by atoms with Crippen LogP contribution in [0.1, 0.15) is 43.7 Å². The van der Waals surface area contributed by atoms with Crippen molar-refractivity contribution >= 4 is 65.5 Å². The summed E-state index contributed by atoms with van der Waals surface area (Å²) >= 11 is 6.17. The summed E-state index contributed by atoms with van der Waals surface area (Å²) in [5, 5.41) is 8.33. The van der Waals surface area contributed by atoms with Gasteiger partial charge in [0.25, 0.3) is 0 Å². The first-order valence-corrected chi connectivity index (χ1v) is 11.6. The van der Waals surface area contributed by atoms with Gasteiger partial charge in [0.15, 0.2) is 6.10 Å². The minimum absolute atomic E-state index is 0.499. The monoisotopic (exact) mass is 480 g/mol. The molecule has 0 spiro atoms. The van der Waals surface area contributed by atoms with Gasteiger partial charge in [0.05, 0.1) is 48.2 Å². The number of likely N-dealkylation sites (N-methyl/N-ethyl adjacent to an activating group) is 1. The zero-order valence-corrected chi connectivity index (χ0v) is 21.6. The molecule has 1 aliphatic heterocycles. The number of hydrogen-bond donors (Lipinski definition) is 1. The maximum Gasteiger partial charge on any atom is 0.337 e. The van der Waals surface area contributed by atoms with Gasteiger partial charge < -0.3 is 19.3 Å². The number of aliphatic carboxylic acids is 1. The van der Waals surface area contributed by atoms with E-state index in [2.05, 4.69) is 0 Å². The lowest BCUT2D eigenvalue weighted by Crippen LogP contribution is -2.68. The molecule has 2 aromatic carbocycles. The van der Waals surface area contributed by atoms with Crippen molar-refractivity contribution in [2.45, 2.75) is 57.0 Å². The van der Waals surface area contributed by atoms with Crippen LogP contribution in [0.3, 0.4) is 0 Å². The topological polar surface area (TPSA) is 54.7 Å². The molecule has 1 aliphatic rings. The quantitative estimate of drug-likeness (QED) is 0.576. The molecule has 8 radical (unpaired) electrons. The van der Waals surface area contributed by atoms with Crippen LogP contribution in [0.15, 0.2) is 30.3 Å². The van der Waals surface area contributed by atoms with E-state index in [1.54, 1.807) is 28.6 Å². The van der Waals surface area contributed by atoms with Gasteiger partial charge in [-0.15, -0.1) is 0 Å². The number of anilines is 1. The van der Waals surface area contributed by atoms with Gasteiger partial charge in [-0.1, -0.05) is 23.7 Å². The molecule has 0 unspecified atom stereocenters. The van der Waals surface area contributed by atoms with Crippen molar-refractivity contribution in [2.75, 3.05) is 11.9 Å². The standard InChI is InChI=1S/C25H25B4ClN2O3/c1-12-11-16-18(14-7-9-15(30)10-8-14)17(21(22(33)34)35-23(3,4)5)13(2)19-20(16)32(12)25(28,29)24(26,27)31(19)6/h7-11,21H,1-6H3,(H,33,34)/t21-/m0/s1. The number of aromatic nitrogens is 1. The number of carbonyl (C=O) groups is 1. The van der Waals surface area contributed by atoms with E-state index in [-0.39, 0.29) is 0 Å². The molecule has 0 fully saturated rings. The van der Waals surface area contributed by atoms with E-state index in [1.807, 2.05) is 52.8 Å². The molecule has 35 heavy (non-hydrogen) atoms. The second kappa shape index (κ2) is 8.14. The van der Waals surface area contributed by atoms with E-state index in [1.165, 1.54) is 0 Å². The van der Waals surface area contributed by atoms with Gasteiger partial charge in [-0.3, -0.25) is 0 Å². The number of hydrogen-bond acceptors (Lipinski definition) is 3. The summed E-state index contributed by atoms with van der Waals surface area (Å²) in [4.78, 5) is 14.3. The van der Waals surface area contributed by atoms with Crippen molar-refractivity contribution in [3.8, 4) is 11.1 Å². The lowest BCUT2D eigenvalue weighted by atomic mass is 9.36. The fraction of sp³-hybridized carbons (Fsp3) is 0.400. The minimum Gasteiger partial charge on any atom is -0.479 e. The maximum absolute atomic E-state index is 12.6. The van der Waals surface area contributed by atoms with Crippen molar-refractivity contribution in [2.24, 2.45) is 0 Å². The van der Waals surface area contributed by atoms with E-state index >= 15 is 0 Å². The van der Waals surface area contributed by atoms with Crippen LogP contribution in [0.5, 0.6) is 0 Å². The predicted octanol–water partition coefficient (Wildman–Crippen LogP) is 3.91. The predicted molar refractivity (Wildman–Crippen MR) is 145 cm³/mol. The first kappa shape index (κ1) is 25.8. The fourth-order valence-electron chi connectivity index (χ4n) is 5.06. The third-order valence-corrected chi connectivity index (χ3v) is 6.95. The molecule has 1 atom stereocenters. The summed E-state index contributed by atoms with van der Waals surface area (Å²) in [6, 6.07) is 9.15. The highest BCUT2D eigenvalue weighted by atomic mass is 35.5. The Morgan fingerprint density at radius 1 is 1.09 bits per heavy atom. The summed E-state index contributed by atoms with van der Waals surface area (Å²) < 4.78 is 7.85. The summed E-state index contributed by atoms with van der Waals surface area (Å²) in [6.07, 6.45) is -1.27. The number of benzene rings is 2. The molecule has 1 aromatic heterocycles. The third-order valence-electron chi connectivity index (χ3n) is 6.70. The molecule has 5 nitrogen and oxygen atoms in total. The number of aryl methyl sites for hydroxylation is 1. The van der Waals surface area contributed by atoms with E-state index in [9.17, 15) is 9.90 Å². The zero-order chi connectivity index (χ0) is 26.2. The first-order valence-electron chi connectivity index (χ1n) is 11.3. The Hall–Kier alpha value is -2.24. The van der Waals surface area contributed by atoms with E-state index in [0.29, 0.717) is 32.9 Å². The van der Waals surface area contributed by atoms with Gasteiger partial charge in [-0.25, -0.2) is 4.79 Å². The molecular formula is C25H25B4ClN2O3. The lowest BCUT2D eigenvalue weighted by molar-refractivity contribution is -0.160. The number of rotatable bonds is 4. The van der Waals surface area contributed by atoms with E-state index < -0.39 is 28.3 Å². The van der Waals surface area contributed by atoms with Crippen molar-refractivity contribution < 1.29 is 14.6 Å². The Bertz CT molecular complexity index is 1340. The Morgan fingerprint density at radius 2 is 1.66 bits per heavy atom. The van der Waals surface area contributed by atoms with E-state index in [0.717, 1.165) is 16.6 Å². The van der Waals surface area contributed by atoms with Crippen LogP contribution in [0.2, 0.25) is 5.02 Å². The second-order valence-corrected chi connectivity index (χ2v) is 10.7. The van der Waals surface area contributed by atoms with Crippen LogP contribution in [-0.4, -0.2) is 65.0 Å². The molecular weight excluding hydrogens is 455 g/mol. The van der Waals surface area contributed by atoms with Crippen LogP contribution in [-0.2, 0) is 14.9 Å². The van der Waals surface area contributed by atoms with Crippen LogP contribution in [0, 0.1) is 13.8 Å². The lowest BCUT2D eigenvalue weighted by Gasteiger charge is -2.57. The summed E-state index contributed by atoms with van der Waals surface area (Å²) in [7, 11) is 27.8. The van der Waals surface area contributed by atoms with Gasteiger partial charge >= 0.3 is 5.97 Å². The highest BCUT2D eigenvalue weighted by Gasteiger charge is 2.47. The van der Waals surface area contributed by atoms with Crippen molar-refractivity contribution in [3.63, 3.8) is 0 Å². The minimum atomic E-state index is -1.68. The van der Waals surface area contributed by atoms with Gasteiger partial charge in [-0.2, -0.15) is 0 Å². The Balaban J connectivity index is 2.24. The van der Waals surface area contributed by atoms with Crippen molar-refractivity contribution in [1.29, 1.82) is 0 Å². The summed E-state index contributed by atoms with van der Waals surface area (Å²) in [5.74, 6) is -1.11. The van der Waals surface area contributed by atoms with E-state index in [4.69, 9.17) is 47.7 Å². The molecule has 0 saturated heterocycles. The number of nitrogens with zero attached hydrogens (tertiary/aromatic N) is 2. The summed E-state index contributed by atoms with van der Waals surface area (Å²) in [6.45, 7) is 9.15. The molecule has 4 rings (SSSR count). The van der Waals surface area contributed by atoms with Gasteiger partial charge in [-0.05, 0) is 80.2 Å². The molecule has 0 aliphatic carbocycles. The molecule has 1 N–H and O–H groups in total. The second-order valence-electron chi connectivity index (χ2n) is 10.3. The average molecular weight is 480 g/mol. The highest BCUT2D eigenvalue weighted by molar-refractivity contribution is 6.55. The molecule has 3 aromatic rings. The smallest absolute Gasteiger partial charge is 0.337 e. The summed E-state index contributed by atoms with van der Waals surface area (Å²) in [5.41, 5.74) is 3.97. The highest BCUT2D eigenvalue weighted by Crippen LogP contribution is 2.51. The molecule has 172 valence electrons. The van der Waals surface area contributed by atoms with Gasteiger partial charge in [0.2, 0.25) is 0 Å².